The third-order valence-electron chi connectivity index (χ3n) is 1.98. The van der Waals surface area contributed by atoms with Crippen LogP contribution >= 0.6 is 0 Å². The molecule has 1 heterocycles. The van der Waals surface area contributed by atoms with Crippen LogP contribution in [0.1, 0.15) is 25.1 Å². The van der Waals surface area contributed by atoms with E-state index in [-0.39, 0.29) is 0 Å². The Hall–Kier alpha value is -0.720. The number of hydrogen-bond donors (Lipinski definition) is 0. The molecule has 10 heavy (non-hydrogen) atoms. The summed E-state index contributed by atoms with van der Waals surface area (Å²) in [5.74, 6) is 0. The lowest BCUT2D eigenvalue weighted by Crippen LogP contribution is -1.98. The van der Waals surface area contributed by atoms with Crippen LogP contribution in [-0.4, -0.2) is 4.57 Å². The van der Waals surface area contributed by atoms with E-state index in [4.69, 9.17) is 0 Å². The first-order valence-electron chi connectivity index (χ1n) is 3.94. The van der Waals surface area contributed by atoms with Crippen molar-refractivity contribution in [2.24, 2.45) is 0 Å². The van der Waals surface area contributed by atoms with Gasteiger partial charge in [0.1, 0.15) is 0 Å². The van der Waals surface area contributed by atoms with Crippen LogP contribution in [0.5, 0.6) is 0 Å². The second-order valence-corrected chi connectivity index (χ2v) is 2.59. The molecule has 0 saturated carbocycles. The van der Waals surface area contributed by atoms with Crippen molar-refractivity contribution in [1.29, 1.82) is 0 Å². The summed E-state index contributed by atoms with van der Waals surface area (Å²) in [6.07, 6.45) is 3.31. The van der Waals surface area contributed by atoms with Gasteiger partial charge in [-0.1, -0.05) is 6.92 Å². The van der Waals surface area contributed by atoms with Crippen molar-refractivity contribution in [1.82, 2.24) is 4.57 Å². The maximum absolute atomic E-state index is 2.30. The Bertz CT molecular complexity index is 211. The lowest BCUT2D eigenvalue weighted by atomic mass is 10.2. The predicted molar refractivity (Wildman–Crippen MR) is 44.2 cm³/mol. The molecule has 0 atom stereocenters. The highest BCUT2D eigenvalue weighted by molar-refractivity contribution is 5.20. The van der Waals surface area contributed by atoms with Crippen LogP contribution in [0.4, 0.5) is 0 Å². The van der Waals surface area contributed by atoms with Crippen LogP contribution in [-0.2, 0) is 13.0 Å². The van der Waals surface area contributed by atoms with Crippen molar-refractivity contribution in [2.75, 3.05) is 0 Å². The van der Waals surface area contributed by atoms with E-state index in [1.165, 1.54) is 11.3 Å². The van der Waals surface area contributed by atoms with Gasteiger partial charge in [0.2, 0.25) is 0 Å². The third kappa shape index (κ3) is 1.08. The van der Waals surface area contributed by atoms with Crippen LogP contribution < -0.4 is 0 Å². The Labute approximate surface area is 62.7 Å². The zero-order valence-corrected chi connectivity index (χ0v) is 7.02. The molecule has 1 rings (SSSR count). The van der Waals surface area contributed by atoms with Crippen molar-refractivity contribution in [3.63, 3.8) is 0 Å². The van der Waals surface area contributed by atoms with Gasteiger partial charge in [-0.05, 0) is 31.9 Å². The minimum atomic E-state index is 1.09. The molecule has 0 spiro atoms. The highest BCUT2D eigenvalue weighted by Gasteiger charge is 1.99. The van der Waals surface area contributed by atoms with Crippen molar-refractivity contribution in [2.45, 2.75) is 33.7 Å². The van der Waals surface area contributed by atoms with Crippen LogP contribution in [0, 0.1) is 6.92 Å². The molecule has 0 bridgehead atoms. The minimum absolute atomic E-state index is 1.09. The van der Waals surface area contributed by atoms with E-state index in [1.807, 2.05) is 0 Å². The zero-order chi connectivity index (χ0) is 7.56. The number of aromatic nitrogens is 1. The summed E-state index contributed by atoms with van der Waals surface area (Å²) in [4.78, 5) is 0. The van der Waals surface area contributed by atoms with Crippen LogP contribution in [0.2, 0.25) is 0 Å². The van der Waals surface area contributed by atoms with Crippen molar-refractivity contribution in [3.05, 3.63) is 23.5 Å². The molecule has 0 radical (unpaired) electrons. The topological polar surface area (TPSA) is 4.93 Å². The fourth-order valence-corrected chi connectivity index (χ4v) is 1.39. The van der Waals surface area contributed by atoms with Gasteiger partial charge in [0.15, 0.2) is 0 Å². The van der Waals surface area contributed by atoms with E-state index in [2.05, 4.69) is 37.6 Å². The van der Waals surface area contributed by atoms with E-state index in [0.29, 0.717) is 0 Å². The first-order valence-corrected chi connectivity index (χ1v) is 3.94. The molecular formula is C9H15N. The van der Waals surface area contributed by atoms with Gasteiger partial charge in [-0.3, -0.25) is 0 Å². The van der Waals surface area contributed by atoms with Gasteiger partial charge in [0.05, 0.1) is 0 Å². The van der Waals surface area contributed by atoms with Gasteiger partial charge in [0.25, 0.3) is 0 Å². The van der Waals surface area contributed by atoms with Crippen molar-refractivity contribution < 1.29 is 0 Å². The average molecular weight is 137 g/mol. The average Bonchev–Trinajstić information content (AvgIpc) is 2.30. The molecule has 0 aliphatic rings. The molecule has 1 nitrogen and oxygen atoms in total. The van der Waals surface area contributed by atoms with Crippen LogP contribution in [0.15, 0.2) is 12.3 Å². The molecule has 0 unspecified atom stereocenters. The van der Waals surface area contributed by atoms with E-state index in [0.717, 1.165) is 13.0 Å². The highest BCUT2D eigenvalue weighted by Crippen LogP contribution is 2.09. The highest BCUT2D eigenvalue weighted by atomic mass is 15.0. The van der Waals surface area contributed by atoms with Gasteiger partial charge in [0, 0.05) is 18.4 Å². The molecule has 0 aliphatic carbocycles. The van der Waals surface area contributed by atoms with E-state index >= 15 is 0 Å². The van der Waals surface area contributed by atoms with Gasteiger partial charge >= 0.3 is 0 Å². The van der Waals surface area contributed by atoms with E-state index < -0.39 is 0 Å². The monoisotopic (exact) mass is 137 g/mol. The molecule has 0 amide bonds. The maximum Gasteiger partial charge on any atom is 0.0201 e. The van der Waals surface area contributed by atoms with E-state index in [1.54, 1.807) is 0 Å². The minimum Gasteiger partial charge on any atom is -0.351 e. The molecule has 1 heteroatoms. The van der Waals surface area contributed by atoms with Crippen LogP contribution in [0.25, 0.3) is 0 Å². The molecule has 1 aromatic rings. The molecule has 56 valence electrons. The summed E-state index contributed by atoms with van der Waals surface area (Å²) < 4.78 is 2.30. The summed E-state index contributed by atoms with van der Waals surface area (Å²) in [7, 11) is 0. The molecule has 1 aromatic heterocycles. The third-order valence-corrected chi connectivity index (χ3v) is 1.98. The standard InChI is InChI=1S/C9H15N/c1-4-9-8(3)6-7-10(9)5-2/h6-7H,4-5H2,1-3H3. The van der Waals surface area contributed by atoms with Gasteiger partial charge in [-0.2, -0.15) is 0 Å². The Morgan fingerprint density at radius 2 is 2.10 bits per heavy atom. The smallest absolute Gasteiger partial charge is 0.0201 e. The van der Waals surface area contributed by atoms with Crippen molar-refractivity contribution >= 4 is 0 Å². The molecule has 0 N–H and O–H groups in total. The number of rotatable bonds is 2. The summed E-state index contributed by atoms with van der Waals surface area (Å²) >= 11 is 0. The number of aryl methyl sites for hydroxylation is 2. The van der Waals surface area contributed by atoms with Crippen LogP contribution in [0.3, 0.4) is 0 Å². The quantitative estimate of drug-likeness (QED) is 0.589. The Morgan fingerprint density at radius 1 is 1.40 bits per heavy atom. The molecule has 0 aliphatic heterocycles. The fraction of sp³-hybridized carbons (Fsp3) is 0.556. The van der Waals surface area contributed by atoms with Crippen molar-refractivity contribution in [3.8, 4) is 0 Å². The Balaban J connectivity index is 3.01. The first-order chi connectivity index (χ1) is 4.79. The number of nitrogens with zero attached hydrogens (tertiary/aromatic N) is 1. The molecular weight excluding hydrogens is 122 g/mol. The first kappa shape index (κ1) is 7.39. The van der Waals surface area contributed by atoms with E-state index in [9.17, 15) is 0 Å². The summed E-state index contributed by atoms with van der Waals surface area (Å²) in [5.41, 5.74) is 2.90. The Kier molecular flexibility index (Phi) is 2.15. The second-order valence-electron chi connectivity index (χ2n) is 2.59. The van der Waals surface area contributed by atoms with Gasteiger partial charge in [-0.15, -0.1) is 0 Å². The maximum atomic E-state index is 2.30. The lowest BCUT2D eigenvalue weighted by molar-refractivity contribution is 0.718. The predicted octanol–water partition coefficient (Wildman–Crippen LogP) is 2.38. The number of hydrogen-bond acceptors (Lipinski definition) is 0. The summed E-state index contributed by atoms with van der Waals surface area (Å²) in [6, 6.07) is 2.18. The molecule has 0 saturated heterocycles. The Morgan fingerprint density at radius 3 is 2.50 bits per heavy atom. The summed E-state index contributed by atoms with van der Waals surface area (Å²) in [5, 5.41) is 0. The molecule has 0 fully saturated rings. The van der Waals surface area contributed by atoms with Gasteiger partial charge in [-0.25, -0.2) is 0 Å². The normalized spacial score (nSPS) is 10.3. The molecule has 0 aromatic carbocycles. The zero-order valence-electron chi connectivity index (χ0n) is 7.02. The fourth-order valence-electron chi connectivity index (χ4n) is 1.39. The largest absolute Gasteiger partial charge is 0.351 e. The lowest BCUT2D eigenvalue weighted by Gasteiger charge is -2.03. The van der Waals surface area contributed by atoms with Gasteiger partial charge < -0.3 is 4.57 Å². The SMILES string of the molecule is CCc1c(C)ccn1CC. The summed E-state index contributed by atoms with van der Waals surface area (Å²) in [6.45, 7) is 7.65. The second kappa shape index (κ2) is 2.91.